The maximum absolute atomic E-state index is 5.29. The van der Waals surface area contributed by atoms with Gasteiger partial charge in [-0.15, -0.1) is 0 Å². The zero-order chi connectivity index (χ0) is 7.56. The van der Waals surface area contributed by atoms with Crippen molar-refractivity contribution in [3.63, 3.8) is 0 Å². The summed E-state index contributed by atoms with van der Waals surface area (Å²) in [6, 6.07) is 1.31. The molecule has 0 N–H and O–H groups in total. The molecule has 1 atom stereocenters. The molecule has 0 aromatic heterocycles. The zero-order valence-corrected chi connectivity index (χ0v) is 7.13. The molecular formula is C9H21NO. The van der Waals surface area contributed by atoms with Crippen LogP contribution in [-0.2, 0) is 4.74 Å². The van der Waals surface area contributed by atoms with Crippen molar-refractivity contribution in [2.75, 3.05) is 20.3 Å². The number of hydrogen-bond donors (Lipinski definition) is 0. The second-order valence-electron chi connectivity index (χ2n) is 3.28. The average Bonchev–Trinajstić information content (AvgIpc) is 2.36. The lowest BCUT2D eigenvalue weighted by molar-refractivity contribution is 0.143. The number of nitrogens with zero attached hydrogens (tertiary/aromatic N) is 1. The smallest absolute Gasteiger partial charge is 0.0622 e. The number of ether oxygens (including phenoxy) is 1. The van der Waals surface area contributed by atoms with Gasteiger partial charge in [0.1, 0.15) is 0 Å². The van der Waals surface area contributed by atoms with Gasteiger partial charge in [0.05, 0.1) is 6.61 Å². The summed E-state index contributed by atoms with van der Waals surface area (Å²) in [5.74, 6) is 0. The highest BCUT2D eigenvalue weighted by atomic mass is 16.5. The van der Waals surface area contributed by atoms with Gasteiger partial charge in [0.2, 0.25) is 0 Å². The first-order chi connectivity index (χ1) is 4.72. The van der Waals surface area contributed by atoms with Crippen LogP contribution in [0.1, 0.15) is 27.7 Å². The highest BCUT2D eigenvalue weighted by Gasteiger charge is 2.21. The summed E-state index contributed by atoms with van der Waals surface area (Å²) < 4.78 is 5.29. The highest BCUT2D eigenvalue weighted by Crippen LogP contribution is 2.12. The van der Waals surface area contributed by atoms with Gasteiger partial charge in [0.15, 0.2) is 0 Å². The first-order valence-electron chi connectivity index (χ1n) is 4.01. The van der Waals surface area contributed by atoms with E-state index in [9.17, 15) is 0 Å². The summed E-state index contributed by atoms with van der Waals surface area (Å²) in [5, 5.41) is 0. The molecule has 68 valence electrons. The van der Waals surface area contributed by atoms with Gasteiger partial charge in [-0.2, -0.15) is 0 Å². The minimum Gasteiger partial charge on any atom is -0.380 e. The van der Waals surface area contributed by atoms with E-state index in [0.29, 0.717) is 12.1 Å². The summed E-state index contributed by atoms with van der Waals surface area (Å²) in [5.41, 5.74) is 0. The van der Waals surface area contributed by atoms with Crippen LogP contribution in [0.3, 0.4) is 0 Å². The molecule has 0 spiro atoms. The Bertz CT molecular complexity index is 97.7. The lowest BCUT2D eigenvalue weighted by atomic mass is 10.2. The Morgan fingerprint density at radius 2 is 2.09 bits per heavy atom. The SMILES string of the molecule is C.CC(C)N(C)C1CCOC1. The quantitative estimate of drug-likeness (QED) is 0.608. The molecule has 2 heteroatoms. The van der Waals surface area contributed by atoms with E-state index in [4.69, 9.17) is 4.74 Å². The molecule has 0 aromatic rings. The van der Waals surface area contributed by atoms with Crippen LogP contribution in [0.2, 0.25) is 0 Å². The van der Waals surface area contributed by atoms with Crippen molar-refractivity contribution in [2.24, 2.45) is 0 Å². The van der Waals surface area contributed by atoms with E-state index in [1.807, 2.05) is 0 Å². The molecule has 1 heterocycles. The van der Waals surface area contributed by atoms with Gasteiger partial charge in [0.25, 0.3) is 0 Å². The second-order valence-corrected chi connectivity index (χ2v) is 3.28. The molecule has 1 saturated heterocycles. The molecular weight excluding hydrogens is 138 g/mol. The van der Waals surface area contributed by atoms with Crippen molar-refractivity contribution in [3.8, 4) is 0 Å². The fourth-order valence-electron chi connectivity index (χ4n) is 1.26. The third-order valence-electron chi connectivity index (χ3n) is 2.30. The maximum atomic E-state index is 5.29. The molecule has 0 aromatic carbocycles. The molecule has 0 amide bonds. The van der Waals surface area contributed by atoms with Crippen molar-refractivity contribution in [1.82, 2.24) is 4.90 Å². The van der Waals surface area contributed by atoms with Crippen LogP contribution in [0.15, 0.2) is 0 Å². The molecule has 1 aliphatic heterocycles. The van der Waals surface area contributed by atoms with Gasteiger partial charge in [-0.05, 0) is 27.3 Å². The Morgan fingerprint density at radius 3 is 2.45 bits per heavy atom. The van der Waals surface area contributed by atoms with Crippen molar-refractivity contribution < 1.29 is 4.74 Å². The fourth-order valence-corrected chi connectivity index (χ4v) is 1.26. The van der Waals surface area contributed by atoms with Crippen molar-refractivity contribution in [2.45, 2.75) is 39.8 Å². The highest BCUT2D eigenvalue weighted by molar-refractivity contribution is 4.74. The Labute approximate surface area is 70.5 Å². The third kappa shape index (κ3) is 2.80. The topological polar surface area (TPSA) is 12.5 Å². The van der Waals surface area contributed by atoms with Crippen LogP contribution >= 0.6 is 0 Å². The summed E-state index contributed by atoms with van der Waals surface area (Å²) in [4.78, 5) is 2.38. The largest absolute Gasteiger partial charge is 0.380 e. The lowest BCUT2D eigenvalue weighted by Gasteiger charge is -2.26. The normalized spacial score (nSPS) is 24.3. The van der Waals surface area contributed by atoms with Crippen LogP contribution in [0.25, 0.3) is 0 Å². The standard InChI is InChI=1S/C8H17NO.CH4/c1-7(2)9(3)8-4-5-10-6-8;/h7-8H,4-6H2,1-3H3;1H4. The van der Waals surface area contributed by atoms with E-state index in [1.54, 1.807) is 0 Å². The molecule has 2 nitrogen and oxygen atoms in total. The van der Waals surface area contributed by atoms with Gasteiger partial charge in [-0.3, -0.25) is 4.90 Å². The molecule has 1 rings (SSSR count). The Morgan fingerprint density at radius 1 is 1.45 bits per heavy atom. The van der Waals surface area contributed by atoms with E-state index in [1.165, 1.54) is 6.42 Å². The van der Waals surface area contributed by atoms with Crippen molar-refractivity contribution >= 4 is 0 Å². The lowest BCUT2D eigenvalue weighted by Crippen LogP contribution is -2.37. The van der Waals surface area contributed by atoms with E-state index in [-0.39, 0.29) is 7.43 Å². The molecule has 0 radical (unpaired) electrons. The molecule has 1 fully saturated rings. The van der Waals surface area contributed by atoms with Gasteiger partial charge < -0.3 is 4.74 Å². The van der Waals surface area contributed by atoms with Gasteiger partial charge in [-0.25, -0.2) is 0 Å². The minimum atomic E-state index is 0. The number of hydrogen-bond acceptors (Lipinski definition) is 2. The Balaban J connectivity index is 0.000001000. The maximum Gasteiger partial charge on any atom is 0.0622 e. The van der Waals surface area contributed by atoms with Crippen LogP contribution in [0.4, 0.5) is 0 Å². The zero-order valence-electron chi connectivity index (χ0n) is 7.13. The summed E-state index contributed by atoms with van der Waals surface area (Å²) in [7, 11) is 2.17. The molecule has 1 aliphatic rings. The van der Waals surface area contributed by atoms with E-state index in [2.05, 4.69) is 25.8 Å². The van der Waals surface area contributed by atoms with Crippen LogP contribution < -0.4 is 0 Å². The first-order valence-corrected chi connectivity index (χ1v) is 4.01. The fraction of sp³-hybridized carbons (Fsp3) is 1.00. The predicted molar refractivity (Wildman–Crippen MR) is 48.9 cm³/mol. The third-order valence-corrected chi connectivity index (χ3v) is 2.30. The predicted octanol–water partition coefficient (Wildman–Crippen LogP) is 1.75. The van der Waals surface area contributed by atoms with Gasteiger partial charge in [-0.1, -0.05) is 7.43 Å². The molecule has 0 saturated carbocycles. The number of likely N-dealkylation sites (N-methyl/N-ethyl adjacent to an activating group) is 1. The van der Waals surface area contributed by atoms with Crippen LogP contribution in [0, 0.1) is 0 Å². The van der Waals surface area contributed by atoms with Crippen LogP contribution in [0.5, 0.6) is 0 Å². The van der Waals surface area contributed by atoms with Gasteiger partial charge >= 0.3 is 0 Å². The van der Waals surface area contributed by atoms with E-state index in [0.717, 1.165) is 13.2 Å². The summed E-state index contributed by atoms with van der Waals surface area (Å²) in [6.07, 6.45) is 1.20. The Hall–Kier alpha value is -0.0800. The molecule has 11 heavy (non-hydrogen) atoms. The van der Waals surface area contributed by atoms with Crippen molar-refractivity contribution in [1.29, 1.82) is 0 Å². The molecule has 1 unspecified atom stereocenters. The second kappa shape index (κ2) is 4.73. The Kier molecular flexibility index (Phi) is 4.69. The summed E-state index contributed by atoms with van der Waals surface area (Å²) >= 11 is 0. The van der Waals surface area contributed by atoms with Gasteiger partial charge in [0, 0.05) is 18.7 Å². The van der Waals surface area contributed by atoms with E-state index < -0.39 is 0 Å². The molecule has 0 bridgehead atoms. The minimum absolute atomic E-state index is 0. The molecule has 0 aliphatic carbocycles. The summed E-state index contributed by atoms with van der Waals surface area (Å²) in [6.45, 7) is 6.31. The number of rotatable bonds is 2. The van der Waals surface area contributed by atoms with Crippen LogP contribution in [-0.4, -0.2) is 37.2 Å². The average molecular weight is 159 g/mol. The first kappa shape index (κ1) is 10.9. The van der Waals surface area contributed by atoms with Crippen molar-refractivity contribution in [3.05, 3.63) is 0 Å². The monoisotopic (exact) mass is 159 g/mol. The van der Waals surface area contributed by atoms with E-state index >= 15 is 0 Å².